The fourth-order valence-corrected chi connectivity index (χ4v) is 2.64. The largest absolute Gasteiger partial charge is 0.444 e. The lowest BCUT2D eigenvalue weighted by Crippen LogP contribution is -2.33. The summed E-state index contributed by atoms with van der Waals surface area (Å²) in [7, 11) is 1.74. The van der Waals surface area contributed by atoms with E-state index in [1.807, 2.05) is 32.9 Å². The number of hydrogen-bond donors (Lipinski definition) is 1. The Morgan fingerprint density at radius 1 is 1.30 bits per heavy atom. The maximum Gasteiger partial charge on any atom is 0.410 e. The number of nitrogens with zero attached hydrogens (tertiary/aromatic N) is 2. The third kappa shape index (κ3) is 5.84. The van der Waals surface area contributed by atoms with Gasteiger partial charge in [0.2, 0.25) is 0 Å². The number of rotatable bonds is 4. The van der Waals surface area contributed by atoms with Crippen LogP contribution in [0.2, 0.25) is 0 Å². The second-order valence-corrected chi connectivity index (χ2v) is 7.33. The van der Waals surface area contributed by atoms with Crippen molar-refractivity contribution in [1.82, 2.24) is 9.80 Å². The second-order valence-electron chi connectivity index (χ2n) is 7.33. The Hall–Kier alpha value is -1.59. The third-order valence-corrected chi connectivity index (χ3v) is 3.80. The van der Waals surface area contributed by atoms with Crippen LogP contribution in [0.4, 0.5) is 4.79 Å². The minimum absolute atomic E-state index is 0.184. The SMILES string of the molecule is CN(Cc1ccc(CN2CC[C@H](O)C2)cc1)C(=O)OC(C)(C)C. The molecule has 1 aromatic rings. The van der Waals surface area contributed by atoms with Crippen molar-refractivity contribution in [2.75, 3.05) is 20.1 Å². The first-order valence-electron chi connectivity index (χ1n) is 8.15. The summed E-state index contributed by atoms with van der Waals surface area (Å²) in [4.78, 5) is 15.8. The molecular weight excluding hydrogens is 292 g/mol. The highest BCUT2D eigenvalue weighted by atomic mass is 16.6. The molecule has 2 rings (SSSR count). The number of aliphatic hydroxyl groups excluding tert-OH is 1. The molecule has 1 atom stereocenters. The number of β-amino-alcohol motifs (C(OH)–C–C–N with tert-alkyl or cyclic N) is 1. The van der Waals surface area contributed by atoms with E-state index in [2.05, 4.69) is 17.0 Å². The van der Waals surface area contributed by atoms with E-state index in [9.17, 15) is 9.90 Å². The molecule has 0 saturated carbocycles. The van der Waals surface area contributed by atoms with Crippen molar-refractivity contribution < 1.29 is 14.6 Å². The van der Waals surface area contributed by atoms with Crippen LogP contribution in [0.25, 0.3) is 0 Å². The van der Waals surface area contributed by atoms with Crippen molar-refractivity contribution in [2.45, 2.75) is 52.0 Å². The molecule has 1 aliphatic rings. The summed E-state index contributed by atoms with van der Waals surface area (Å²) >= 11 is 0. The van der Waals surface area contributed by atoms with E-state index in [4.69, 9.17) is 4.74 Å². The normalized spacial score (nSPS) is 18.9. The second kappa shape index (κ2) is 7.32. The van der Waals surface area contributed by atoms with E-state index >= 15 is 0 Å². The molecule has 0 radical (unpaired) electrons. The highest BCUT2D eigenvalue weighted by Crippen LogP contribution is 2.15. The van der Waals surface area contributed by atoms with Crippen LogP contribution < -0.4 is 0 Å². The first-order chi connectivity index (χ1) is 10.7. The number of hydrogen-bond acceptors (Lipinski definition) is 4. The zero-order chi connectivity index (χ0) is 17.0. The van der Waals surface area contributed by atoms with Crippen LogP contribution in [0.1, 0.15) is 38.3 Å². The predicted molar refractivity (Wildman–Crippen MR) is 90.0 cm³/mol. The van der Waals surface area contributed by atoms with Crippen LogP contribution in [0.5, 0.6) is 0 Å². The highest BCUT2D eigenvalue weighted by molar-refractivity contribution is 5.67. The van der Waals surface area contributed by atoms with Crippen LogP contribution in [0.3, 0.4) is 0 Å². The summed E-state index contributed by atoms with van der Waals surface area (Å²) in [6, 6.07) is 8.26. The number of benzene rings is 1. The summed E-state index contributed by atoms with van der Waals surface area (Å²) in [6.45, 7) is 8.68. The minimum atomic E-state index is -0.477. The maximum absolute atomic E-state index is 12.0. The molecule has 128 valence electrons. The Morgan fingerprint density at radius 2 is 1.91 bits per heavy atom. The molecule has 0 aliphatic carbocycles. The van der Waals surface area contributed by atoms with Gasteiger partial charge in [-0.1, -0.05) is 24.3 Å². The van der Waals surface area contributed by atoms with Gasteiger partial charge in [0.05, 0.1) is 6.10 Å². The summed E-state index contributed by atoms with van der Waals surface area (Å²) in [5.41, 5.74) is 1.82. The van der Waals surface area contributed by atoms with E-state index < -0.39 is 5.60 Å². The van der Waals surface area contributed by atoms with Crippen molar-refractivity contribution >= 4 is 6.09 Å². The van der Waals surface area contributed by atoms with Crippen LogP contribution in [-0.2, 0) is 17.8 Å². The number of aliphatic hydroxyl groups is 1. The smallest absolute Gasteiger partial charge is 0.410 e. The molecule has 1 fully saturated rings. The van der Waals surface area contributed by atoms with E-state index in [0.717, 1.165) is 31.6 Å². The standard InChI is InChI=1S/C18H28N2O3/c1-18(2,3)23-17(22)19(4)11-14-5-7-15(8-6-14)12-20-10-9-16(21)13-20/h5-8,16,21H,9-13H2,1-4H3/t16-/m0/s1. The van der Waals surface area contributed by atoms with Gasteiger partial charge in [-0.05, 0) is 38.3 Å². The molecular formula is C18H28N2O3. The molecule has 1 amide bonds. The average Bonchev–Trinajstić information content (AvgIpc) is 2.84. The molecule has 1 saturated heterocycles. The van der Waals surface area contributed by atoms with Crippen molar-refractivity contribution in [3.05, 3.63) is 35.4 Å². The van der Waals surface area contributed by atoms with E-state index in [1.54, 1.807) is 11.9 Å². The number of ether oxygens (including phenoxy) is 1. The number of carbonyl (C=O) groups excluding carboxylic acids is 1. The molecule has 0 aromatic heterocycles. The van der Waals surface area contributed by atoms with Crippen molar-refractivity contribution in [2.24, 2.45) is 0 Å². The Labute approximate surface area is 138 Å². The van der Waals surface area contributed by atoms with Crippen LogP contribution in [-0.4, -0.2) is 52.8 Å². The maximum atomic E-state index is 12.0. The molecule has 0 bridgehead atoms. The van der Waals surface area contributed by atoms with Gasteiger partial charge in [0.15, 0.2) is 0 Å². The van der Waals surface area contributed by atoms with Gasteiger partial charge in [-0.15, -0.1) is 0 Å². The molecule has 23 heavy (non-hydrogen) atoms. The Balaban J connectivity index is 1.86. The lowest BCUT2D eigenvalue weighted by atomic mass is 10.1. The van der Waals surface area contributed by atoms with Crippen LogP contribution in [0.15, 0.2) is 24.3 Å². The van der Waals surface area contributed by atoms with Crippen LogP contribution in [0, 0.1) is 0 Å². The summed E-state index contributed by atoms with van der Waals surface area (Å²) in [6.07, 6.45) is 0.364. The first kappa shape index (κ1) is 17.8. The minimum Gasteiger partial charge on any atom is -0.444 e. The molecule has 0 spiro atoms. The topological polar surface area (TPSA) is 53.0 Å². The van der Waals surface area contributed by atoms with Gasteiger partial charge >= 0.3 is 6.09 Å². The Kier molecular flexibility index (Phi) is 5.65. The van der Waals surface area contributed by atoms with Gasteiger partial charge in [0.1, 0.15) is 5.60 Å². The number of amides is 1. The molecule has 0 unspecified atom stereocenters. The van der Waals surface area contributed by atoms with Gasteiger partial charge in [-0.25, -0.2) is 4.79 Å². The Bertz CT molecular complexity index is 522. The number of carbonyl (C=O) groups is 1. The molecule has 5 nitrogen and oxygen atoms in total. The summed E-state index contributed by atoms with van der Waals surface area (Å²) in [5, 5.41) is 9.56. The zero-order valence-electron chi connectivity index (χ0n) is 14.6. The van der Waals surface area contributed by atoms with Crippen molar-refractivity contribution in [3.63, 3.8) is 0 Å². The molecule has 5 heteroatoms. The van der Waals surface area contributed by atoms with Crippen molar-refractivity contribution in [3.8, 4) is 0 Å². The third-order valence-electron chi connectivity index (χ3n) is 3.80. The molecule has 1 aromatic carbocycles. The van der Waals surface area contributed by atoms with E-state index in [1.165, 1.54) is 5.56 Å². The number of likely N-dealkylation sites (tertiary alicyclic amines) is 1. The van der Waals surface area contributed by atoms with Crippen LogP contribution >= 0.6 is 0 Å². The lowest BCUT2D eigenvalue weighted by molar-refractivity contribution is 0.0285. The van der Waals surface area contributed by atoms with Gasteiger partial charge in [-0.2, -0.15) is 0 Å². The highest BCUT2D eigenvalue weighted by Gasteiger charge is 2.21. The lowest BCUT2D eigenvalue weighted by Gasteiger charge is -2.24. The Morgan fingerprint density at radius 3 is 2.43 bits per heavy atom. The van der Waals surface area contributed by atoms with Gasteiger partial charge in [0, 0.05) is 33.2 Å². The first-order valence-corrected chi connectivity index (χ1v) is 8.15. The summed E-state index contributed by atoms with van der Waals surface area (Å²) < 4.78 is 5.35. The van der Waals surface area contributed by atoms with Gasteiger partial charge < -0.3 is 14.7 Å². The quantitative estimate of drug-likeness (QED) is 0.926. The fraction of sp³-hybridized carbons (Fsp3) is 0.611. The van der Waals surface area contributed by atoms with Crippen molar-refractivity contribution in [1.29, 1.82) is 0 Å². The van der Waals surface area contributed by atoms with Gasteiger partial charge in [-0.3, -0.25) is 4.90 Å². The summed E-state index contributed by atoms with van der Waals surface area (Å²) in [5.74, 6) is 0. The molecule has 1 aliphatic heterocycles. The average molecular weight is 320 g/mol. The molecule has 1 heterocycles. The monoisotopic (exact) mass is 320 g/mol. The zero-order valence-corrected chi connectivity index (χ0v) is 14.6. The van der Waals surface area contributed by atoms with E-state index in [0.29, 0.717) is 6.54 Å². The van der Waals surface area contributed by atoms with E-state index in [-0.39, 0.29) is 12.2 Å². The fourth-order valence-electron chi connectivity index (χ4n) is 2.64. The predicted octanol–water partition coefficient (Wildman–Crippen LogP) is 2.62. The van der Waals surface area contributed by atoms with Gasteiger partial charge in [0.25, 0.3) is 0 Å². The molecule has 1 N–H and O–H groups in total.